The molecule has 0 unspecified atom stereocenters. The molecule has 0 aromatic heterocycles. The average molecular weight is 210 g/mol. The maximum absolute atomic E-state index is 11.5. The van der Waals surface area contributed by atoms with E-state index in [9.17, 15) is 4.79 Å². The van der Waals surface area contributed by atoms with Crippen molar-refractivity contribution in [2.24, 2.45) is 11.7 Å². The van der Waals surface area contributed by atoms with Gasteiger partial charge in [0.2, 0.25) is 5.91 Å². The first-order chi connectivity index (χ1) is 7.12. The van der Waals surface area contributed by atoms with Crippen molar-refractivity contribution in [2.45, 2.75) is 63.5 Å². The third kappa shape index (κ3) is 2.17. The van der Waals surface area contributed by atoms with Crippen molar-refractivity contribution >= 4 is 5.91 Å². The molecular formula is C12H22N2O. The number of primary amides is 1. The SMILES string of the molecule is CC1CC(NC2CCCCC2)(C(N)=O)C1. The van der Waals surface area contributed by atoms with Gasteiger partial charge < -0.3 is 11.1 Å². The lowest BCUT2D eigenvalue weighted by atomic mass is 9.68. The fraction of sp³-hybridized carbons (Fsp3) is 0.917. The second-order valence-electron chi connectivity index (χ2n) is 5.44. The summed E-state index contributed by atoms with van der Waals surface area (Å²) in [5, 5.41) is 3.52. The normalized spacial score (nSPS) is 37.3. The minimum absolute atomic E-state index is 0.147. The van der Waals surface area contributed by atoms with E-state index in [2.05, 4.69) is 12.2 Å². The van der Waals surface area contributed by atoms with E-state index >= 15 is 0 Å². The molecule has 2 fully saturated rings. The van der Waals surface area contributed by atoms with Crippen LogP contribution >= 0.6 is 0 Å². The number of hydrogen-bond donors (Lipinski definition) is 2. The molecule has 3 nitrogen and oxygen atoms in total. The minimum Gasteiger partial charge on any atom is -0.368 e. The maximum atomic E-state index is 11.5. The zero-order valence-corrected chi connectivity index (χ0v) is 9.59. The Hall–Kier alpha value is -0.570. The summed E-state index contributed by atoms with van der Waals surface area (Å²) in [6.45, 7) is 2.18. The second kappa shape index (κ2) is 4.12. The first-order valence-corrected chi connectivity index (χ1v) is 6.20. The van der Waals surface area contributed by atoms with Crippen LogP contribution in [-0.2, 0) is 4.79 Å². The van der Waals surface area contributed by atoms with Crippen LogP contribution in [0.2, 0.25) is 0 Å². The van der Waals surface area contributed by atoms with E-state index in [-0.39, 0.29) is 11.4 Å². The molecule has 0 spiro atoms. The topological polar surface area (TPSA) is 55.1 Å². The molecule has 15 heavy (non-hydrogen) atoms. The minimum atomic E-state index is -0.360. The Morgan fingerprint density at radius 1 is 1.27 bits per heavy atom. The molecule has 0 heterocycles. The highest BCUT2D eigenvalue weighted by atomic mass is 16.1. The van der Waals surface area contributed by atoms with Crippen LogP contribution in [0.15, 0.2) is 0 Å². The number of rotatable bonds is 3. The lowest BCUT2D eigenvalue weighted by molar-refractivity contribution is -0.130. The highest BCUT2D eigenvalue weighted by Gasteiger charge is 2.47. The highest BCUT2D eigenvalue weighted by molar-refractivity contribution is 5.85. The zero-order chi connectivity index (χ0) is 10.9. The monoisotopic (exact) mass is 210 g/mol. The van der Waals surface area contributed by atoms with Gasteiger partial charge in [0.25, 0.3) is 0 Å². The third-order valence-electron chi connectivity index (χ3n) is 3.95. The predicted octanol–water partition coefficient (Wildman–Crippen LogP) is 1.56. The Labute approximate surface area is 91.8 Å². The molecule has 0 saturated heterocycles. The fourth-order valence-electron chi connectivity index (χ4n) is 3.16. The maximum Gasteiger partial charge on any atom is 0.237 e. The van der Waals surface area contributed by atoms with E-state index in [1.807, 2.05) is 0 Å². The quantitative estimate of drug-likeness (QED) is 0.742. The van der Waals surface area contributed by atoms with Crippen LogP contribution in [0.1, 0.15) is 51.9 Å². The summed E-state index contributed by atoms with van der Waals surface area (Å²) in [7, 11) is 0. The van der Waals surface area contributed by atoms with Crippen LogP contribution in [0.4, 0.5) is 0 Å². The summed E-state index contributed by atoms with van der Waals surface area (Å²) in [5.74, 6) is 0.500. The van der Waals surface area contributed by atoms with Crippen molar-refractivity contribution in [1.82, 2.24) is 5.32 Å². The van der Waals surface area contributed by atoms with Crippen molar-refractivity contribution in [1.29, 1.82) is 0 Å². The fourth-order valence-corrected chi connectivity index (χ4v) is 3.16. The van der Waals surface area contributed by atoms with Crippen LogP contribution in [-0.4, -0.2) is 17.5 Å². The van der Waals surface area contributed by atoms with E-state index < -0.39 is 0 Å². The van der Waals surface area contributed by atoms with Gasteiger partial charge in [-0.1, -0.05) is 26.2 Å². The molecule has 0 bridgehead atoms. The molecule has 2 aliphatic carbocycles. The average Bonchev–Trinajstić information content (AvgIpc) is 2.16. The zero-order valence-electron chi connectivity index (χ0n) is 9.59. The van der Waals surface area contributed by atoms with Gasteiger partial charge in [-0.15, -0.1) is 0 Å². The van der Waals surface area contributed by atoms with Gasteiger partial charge in [-0.05, 0) is 31.6 Å². The van der Waals surface area contributed by atoms with Crippen molar-refractivity contribution in [2.75, 3.05) is 0 Å². The standard InChI is InChI=1S/C12H22N2O/c1-9-7-12(8-9,11(13)15)14-10-5-3-2-4-6-10/h9-10,14H,2-8H2,1H3,(H2,13,15). The smallest absolute Gasteiger partial charge is 0.237 e. The molecule has 2 saturated carbocycles. The Kier molecular flexibility index (Phi) is 3.01. The Morgan fingerprint density at radius 2 is 1.87 bits per heavy atom. The largest absolute Gasteiger partial charge is 0.368 e. The molecule has 2 aliphatic rings. The summed E-state index contributed by atoms with van der Waals surface area (Å²) in [5.41, 5.74) is 5.15. The Balaban J connectivity index is 1.92. The van der Waals surface area contributed by atoms with Crippen molar-refractivity contribution in [3.05, 3.63) is 0 Å². The van der Waals surface area contributed by atoms with Gasteiger partial charge in [-0.25, -0.2) is 0 Å². The Morgan fingerprint density at radius 3 is 2.33 bits per heavy atom. The van der Waals surface area contributed by atoms with Gasteiger partial charge in [0.15, 0.2) is 0 Å². The van der Waals surface area contributed by atoms with Gasteiger partial charge in [-0.2, -0.15) is 0 Å². The highest BCUT2D eigenvalue weighted by Crippen LogP contribution is 2.38. The first kappa shape index (κ1) is 10.9. The molecule has 86 valence electrons. The molecule has 1 amide bonds. The van der Waals surface area contributed by atoms with E-state index in [0.29, 0.717) is 12.0 Å². The van der Waals surface area contributed by atoms with Gasteiger partial charge in [0.1, 0.15) is 0 Å². The number of amides is 1. The second-order valence-corrected chi connectivity index (χ2v) is 5.44. The number of carbonyl (C=O) groups excluding carboxylic acids is 1. The predicted molar refractivity (Wildman–Crippen MR) is 60.3 cm³/mol. The summed E-state index contributed by atoms with van der Waals surface area (Å²) in [4.78, 5) is 11.5. The summed E-state index contributed by atoms with van der Waals surface area (Å²) < 4.78 is 0. The van der Waals surface area contributed by atoms with E-state index in [0.717, 1.165) is 12.8 Å². The van der Waals surface area contributed by atoms with E-state index in [1.54, 1.807) is 0 Å². The number of carbonyl (C=O) groups is 1. The Bertz CT molecular complexity index is 240. The van der Waals surface area contributed by atoms with Crippen molar-refractivity contribution in [3.8, 4) is 0 Å². The summed E-state index contributed by atoms with van der Waals surface area (Å²) in [6.07, 6.45) is 8.22. The molecule has 0 aliphatic heterocycles. The van der Waals surface area contributed by atoms with Crippen molar-refractivity contribution < 1.29 is 4.79 Å². The number of nitrogens with two attached hydrogens (primary N) is 1. The van der Waals surface area contributed by atoms with Crippen LogP contribution in [0.5, 0.6) is 0 Å². The molecular weight excluding hydrogens is 188 g/mol. The molecule has 0 aromatic rings. The van der Waals surface area contributed by atoms with Gasteiger partial charge >= 0.3 is 0 Å². The lowest BCUT2D eigenvalue weighted by Gasteiger charge is -2.47. The summed E-state index contributed by atoms with van der Waals surface area (Å²) >= 11 is 0. The van der Waals surface area contributed by atoms with Gasteiger partial charge in [-0.3, -0.25) is 4.79 Å². The van der Waals surface area contributed by atoms with Crippen LogP contribution in [0.3, 0.4) is 0 Å². The summed E-state index contributed by atoms with van der Waals surface area (Å²) in [6, 6.07) is 0.527. The number of hydrogen-bond acceptors (Lipinski definition) is 2. The van der Waals surface area contributed by atoms with Gasteiger partial charge in [0.05, 0.1) is 5.54 Å². The third-order valence-corrected chi connectivity index (χ3v) is 3.95. The molecule has 0 atom stereocenters. The molecule has 2 rings (SSSR count). The van der Waals surface area contributed by atoms with E-state index in [4.69, 9.17) is 5.73 Å². The van der Waals surface area contributed by atoms with Crippen LogP contribution in [0, 0.1) is 5.92 Å². The molecule has 3 N–H and O–H groups in total. The first-order valence-electron chi connectivity index (χ1n) is 6.20. The van der Waals surface area contributed by atoms with Crippen molar-refractivity contribution in [3.63, 3.8) is 0 Å². The molecule has 0 aromatic carbocycles. The van der Waals surface area contributed by atoms with Crippen LogP contribution in [0.25, 0.3) is 0 Å². The number of nitrogens with one attached hydrogen (secondary N) is 1. The van der Waals surface area contributed by atoms with E-state index in [1.165, 1.54) is 32.1 Å². The molecule has 0 radical (unpaired) electrons. The van der Waals surface area contributed by atoms with Gasteiger partial charge in [0, 0.05) is 6.04 Å². The lowest BCUT2D eigenvalue weighted by Crippen LogP contribution is -2.65. The van der Waals surface area contributed by atoms with Crippen LogP contribution < -0.4 is 11.1 Å². The molecule has 3 heteroatoms.